The van der Waals surface area contributed by atoms with Gasteiger partial charge in [0.25, 0.3) is 0 Å². The molecule has 0 aromatic heterocycles. The number of amides is 1. The molecule has 0 fully saturated rings. The van der Waals surface area contributed by atoms with Crippen molar-refractivity contribution in [3.63, 3.8) is 0 Å². The van der Waals surface area contributed by atoms with Gasteiger partial charge in [-0.25, -0.2) is 0 Å². The maximum atomic E-state index is 10.3. The molecule has 0 radical (unpaired) electrons. The molecule has 0 heterocycles. The van der Waals surface area contributed by atoms with Crippen molar-refractivity contribution in [1.29, 1.82) is 0 Å². The molecule has 0 atom stereocenters. The van der Waals surface area contributed by atoms with Crippen molar-refractivity contribution in [1.82, 2.24) is 4.90 Å². The number of nitrogens with two attached hydrogens (primary N) is 1. The molecular formula is C7H16N2O. The predicted molar refractivity (Wildman–Crippen MR) is 41.6 cm³/mol. The average molecular weight is 144 g/mol. The van der Waals surface area contributed by atoms with Gasteiger partial charge in [-0.15, -0.1) is 0 Å². The summed E-state index contributed by atoms with van der Waals surface area (Å²) >= 11 is 0. The number of carbonyl (C=O) groups is 1. The fourth-order valence-corrected chi connectivity index (χ4v) is 0.744. The third-order valence-electron chi connectivity index (χ3n) is 1.36. The number of nitrogens with zero attached hydrogens (tertiary/aromatic N) is 1. The smallest absolute Gasteiger partial charge is 0.209 e. The van der Waals surface area contributed by atoms with E-state index in [2.05, 4.69) is 6.92 Å². The van der Waals surface area contributed by atoms with Crippen LogP contribution in [0, 0.1) is 0 Å². The minimum atomic E-state index is 0.558. The summed E-state index contributed by atoms with van der Waals surface area (Å²) in [7, 11) is 0. The van der Waals surface area contributed by atoms with Gasteiger partial charge in [-0.3, -0.25) is 4.79 Å². The van der Waals surface area contributed by atoms with Gasteiger partial charge in [-0.05, 0) is 6.42 Å². The fraction of sp³-hybridized carbons (Fsp3) is 0.857. The number of hydrogen-bond acceptors (Lipinski definition) is 2. The zero-order chi connectivity index (χ0) is 7.82. The Hall–Kier alpha value is -0.570. The summed E-state index contributed by atoms with van der Waals surface area (Å²) in [5.41, 5.74) is 5.28. The van der Waals surface area contributed by atoms with E-state index >= 15 is 0 Å². The van der Waals surface area contributed by atoms with Crippen LogP contribution in [0.1, 0.15) is 19.8 Å². The summed E-state index contributed by atoms with van der Waals surface area (Å²) in [6.07, 6.45) is 3.05. The zero-order valence-corrected chi connectivity index (χ0v) is 6.55. The van der Waals surface area contributed by atoms with Gasteiger partial charge in [0.05, 0.1) is 0 Å². The van der Waals surface area contributed by atoms with Crippen LogP contribution in [0.2, 0.25) is 0 Å². The molecule has 0 saturated carbocycles. The molecule has 10 heavy (non-hydrogen) atoms. The lowest BCUT2D eigenvalue weighted by molar-refractivity contribution is -0.118. The highest BCUT2D eigenvalue weighted by atomic mass is 16.1. The minimum absolute atomic E-state index is 0.558. The Balaban J connectivity index is 3.29. The third-order valence-corrected chi connectivity index (χ3v) is 1.36. The van der Waals surface area contributed by atoms with E-state index in [1.807, 2.05) is 0 Å². The Bertz CT molecular complexity index is 85.7. The van der Waals surface area contributed by atoms with Gasteiger partial charge in [-0.2, -0.15) is 0 Å². The standard InChI is InChI=1S/C7H16N2O/c1-2-3-5-9(7-10)6-4-8/h7H,2-6,8H2,1H3. The molecular weight excluding hydrogens is 128 g/mol. The van der Waals surface area contributed by atoms with Crippen LogP contribution >= 0.6 is 0 Å². The first kappa shape index (κ1) is 9.43. The third kappa shape index (κ3) is 4.32. The normalized spacial score (nSPS) is 9.40. The van der Waals surface area contributed by atoms with Gasteiger partial charge < -0.3 is 10.6 Å². The SMILES string of the molecule is CCCCN(C=O)CCN. The zero-order valence-electron chi connectivity index (χ0n) is 6.55. The Morgan fingerprint density at radius 3 is 2.60 bits per heavy atom. The van der Waals surface area contributed by atoms with Gasteiger partial charge in [0.15, 0.2) is 0 Å². The van der Waals surface area contributed by atoms with Gasteiger partial charge >= 0.3 is 0 Å². The molecule has 0 aliphatic heterocycles. The van der Waals surface area contributed by atoms with Gasteiger partial charge in [0.1, 0.15) is 0 Å². The molecule has 0 aromatic carbocycles. The lowest BCUT2D eigenvalue weighted by atomic mass is 10.3. The molecule has 0 bridgehead atoms. The van der Waals surface area contributed by atoms with E-state index in [4.69, 9.17) is 5.73 Å². The quantitative estimate of drug-likeness (QED) is 0.541. The summed E-state index contributed by atoms with van der Waals surface area (Å²) in [4.78, 5) is 12.0. The number of carbonyl (C=O) groups excluding carboxylic acids is 1. The average Bonchev–Trinajstić information content (AvgIpc) is 1.98. The van der Waals surface area contributed by atoms with Crippen LogP contribution < -0.4 is 5.73 Å². The molecule has 0 rings (SSSR count). The van der Waals surface area contributed by atoms with Crippen molar-refractivity contribution in [2.45, 2.75) is 19.8 Å². The van der Waals surface area contributed by atoms with Gasteiger partial charge in [-0.1, -0.05) is 13.3 Å². The van der Waals surface area contributed by atoms with Crippen LogP contribution in [0.4, 0.5) is 0 Å². The highest BCUT2D eigenvalue weighted by Crippen LogP contribution is 1.89. The van der Waals surface area contributed by atoms with Crippen molar-refractivity contribution in [2.24, 2.45) is 5.73 Å². The van der Waals surface area contributed by atoms with Crippen LogP contribution in [0.15, 0.2) is 0 Å². The van der Waals surface area contributed by atoms with Crippen LogP contribution in [0.5, 0.6) is 0 Å². The Morgan fingerprint density at radius 1 is 1.50 bits per heavy atom. The Morgan fingerprint density at radius 2 is 2.20 bits per heavy atom. The van der Waals surface area contributed by atoms with Gasteiger partial charge in [0.2, 0.25) is 6.41 Å². The first-order valence-corrected chi connectivity index (χ1v) is 3.74. The van der Waals surface area contributed by atoms with E-state index in [0.29, 0.717) is 13.1 Å². The van der Waals surface area contributed by atoms with E-state index in [1.165, 1.54) is 0 Å². The molecule has 0 aliphatic rings. The second-order valence-corrected chi connectivity index (χ2v) is 2.28. The molecule has 3 heteroatoms. The van der Waals surface area contributed by atoms with E-state index in [-0.39, 0.29) is 0 Å². The second kappa shape index (κ2) is 6.55. The van der Waals surface area contributed by atoms with Crippen molar-refractivity contribution in [3.8, 4) is 0 Å². The number of rotatable bonds is 6. The molecule has 3 nitrogen and oxygen atoms in total. The molecule has 60 valence electrons. The maximum Gasteiger partial charge on any atom is 0.209 e. The molecule has 0 spiro atoms. The highest BCUT2D eigenvalue weighted by molar-refractivity contribution is 5.46. The van der Waals surface area contributed by atoms with E-state index in [0.717, 1.165) is 25.8 Å². The molecule has 2 N–H and O–H groups in total. The van der Waals surface area contributed by atoms with Crippen LogP contribution in [-0.4, -0.2) is 30.9 Å². The summed E-state index contributed by atoms with van der Waals surface area (Å²) < 4.78 is 0. The van der Waals surface area contributed by atoms with Crippen LogP contribution in [-0.2, 0) is 4.79 Å². The topological polar surface area (TPSA) is 46.3 Å². The summed E-state index contributed by atoms with van der Waals surface area (Å²) in [6, 6.07) is 0. The maximum absolute atomic E-state index is 10.3. The van der Waals surface area contributed by atoms with Crippen LogP contribution in [0.3, 0.4) is 0 Å². The molecule has 0 saturated heterocycles. The molecule has 0 aliphatic carbocycles. The van der Waals surface area contributed by atoms with Crippen molar-refractivity contribution in [2.75, 3.05) is 19.6 Å². The summed E-state index contributed by atoms with van der Waals surface area (Å²) in [6.45, 7) is 4.19. The summed E-state index contributed by atoms with van der Waals surface area (Å²) in [5.74, 6) is 0. The number of unbranched alkanes of at least 4 members (excludes halogenated alkanes) is 1. The van der Waals surface area contributed by atoms with E-state index in [9.17, 15) is 4.79 Å². The Kier molecular flexibility index (Phi) is 6.18. The first-order chi connectivity index (χ1) is 4.85. The van der Waals surface area contributed by atoms with Crippen molar-refractivity contribution in [3.05, 3.63) is 0 Å². The molecule has 0 aromatic rings. The number of hydrogen-bond donors (Lipinski definition) is 1. The molecule has 1 amide bonds. The van der Waals surface area contributed by atoms with Crippen LogP contribution in [0.25, 0.3) is 0 Å². The fourth-order valence-electron chi connectivity index (χ4n) is 0.744. The lowest BCUT2D eigenvalue weighted by Gasteiger charge is -2.14. The van der Waals surface area contributed by atoms with Crippen molar-refractivity contribution >= 4 is 6.41 Å². The minimum Gasteiger partial charge on any atom is -0.344 e. The lowest BCUT2D eigenvalue weighted by Crippen LogP contribution is -2.28. The predicted octanol–water partition coefficient (Wildman–Crippen LogP) is 0.204. The highest BCUT2D eigenvalue weighted by Gasteiger charge is 1.96. The van der Waals surface area contributed by atoms with Crippen molar-refractivity contribution < 1.29 is 4.79 Å². The molecule has 0 unspecified atom stereocenters. The Labute approximate surface area is 62.2 Å². The largest absolute Gasteiger partial charge is 0.344 e. The first-order valence-electron chi connectivity index (χ1n) is 3.74. The van der Waals surface area contributed by atoms with E-state index < -0.39 is 0 Å². The summed E-state index contributed by atoms with van der Waals surface area (Å²) in [5, 5.41) is 0. The second-order valence-electron chi connectivity index (χ2n) is 2.28. The van der Waals surface area contributed by atoms with Gasteiger partial charge in [0, 0.05) is 19.6 Å². The van der Waals surface area contributed by atoms with E-state index in [1.54, 1.807) is 4.90 Å². The monoisotopic (exact) mass is 144 g/mol.